The summed E-state index contributed by atoms with van der Waals surface area (Å²) in [4.78, 5) is 14.6. The van der Waals surface area contributed by atoms with Crippen LogP contribution in [-0.2, 0) is 71.5 Å². The number of hydrogen-bond acceptors (Lipinski definition) is 25. The molecule has 464 valence electrons. The van der Waals surface area contributed by atoms with Gasteiger partial charge in [0.15, 0.2) is 25.2 Å². The average molecular weight is 1180 g/mol. The van der Waals surface area contributed by atoms with Gasteiger partial charge in [0.25, 0.3) is 0 Å². The van der Waals surface area contributed by atoms with Crippen molar-refractivity contribution in [2.75, 3.05) is 26.9 Å². The molecule has 10 rings (SSSR count). The maximum absolute atomic E-state index is 14.6. The molecule has 6 saturated heterocycles. The van der Waals surface area contributed by atoms with Gasteiger partial charge in [0.05, 0.1) is 49.8 Å². The van der Waals surface area contributed by atoms with Crippen molar-refractivity contribution < 1.29 is 125 Å². The monoisotopic (exact) mass is 1180 g/mol. The lowest BCUT2D eigenvalue weighted by Gasteiger charge is -2.64. The Kier molecular flexibility index (Phi) is 17.0. The van der Waals surface area contributed by atoms with E-state index < -0.39 is 186 Å². The molecule has 0 bridgehead atoms. The highest BCUT2D eigenvalue weighted by Crippen LogP contribution is 2.76. The first-order valence-electron chi connectivity index (χ1n) is 28.5. The summed E-state index contributed by atoms with van der Waals surface area (Å²) in [7, 11) is -3.99. The van der Waals surface area contributed by atoms with Crippen molar-refractivity contribution in [2.45, 2.75) is 253 Å². The number of methoxy groups -OCH3 is 1. The number of carbonyl (C=O) groups excluding carboxylic acids is 1. The Hall–Kier alpha value is -1.72. The highest BCUT2D eigenvalue weighted by molar-refractivity contribution is 7.80. The van der Waals surface area contributed by atoms with Crippen LogP contribution in [0.2, 0.25) is 0 Å². The second-order valence-electron chi connectivity index (χ2n) is 26.4. The zero-order valence-corrected chi connectivity index (χ0v) is 48.1. The number of allylic oxidation sites excluding steroid dienone is 1. The quantitative estimate of drug-likeness (QED) is 0.0413. The van der Waals surface area contributed by atoms with Gasteiger partial charge in [-0.05, 0) is 107 Å². The summed E-state index contributed by atoms with van der Waals surface area (Å²) in [5.74, 6) is -0.716. The molecule has 6 aliphatic heterocycles. The molecule has 10 aliphatic rings. The van der Waals surface area contributed by atoms with Crippen LogP contribution in [0.4, 0.5) is 0 Å². The highest BCUT2D eigenvalue weighted by Gasteiger charge is 2.80. The lowest BCUT2D eigenvalue weighted by atomic mass is 9.40. The van der Waals surface area contributed by atoms with Gasteiger partial charge in [0.2, 0.25) is 0 Å². The molecule has 29 atom stereocenters. The average Bonchev–Trinajstić information content (AvgIpc) is 1.63. The lowest BCUT2D eigenvalue weighted by molar-refractivity contribution is -0.389. The largest absolute Gasteiger partial charge is 0.456 e. The zero-order valence-electron chi connectivity index (χ0n) is 47.2. The van der Waals surface area contributed by atoms with Crippen molar-refractivity contribution >= 4 is 16.4 Å². The van der Waals surface area contributed by atoms with Crippen molar-refractivity contribution in [3.63, 3.8) is 0 Å². The Balaban J connectivity index is 0.846. The van der Waals surface area contributed by atoms with E-state index in [1.54, 1.807) is 0 Å². The molecule has 81 heavy (non-hydrogen) atoms. The fourth-order valence-electron chi connectivity index (χ4n) is 17.0. The molecule has 6 heterocycles. The number of carbonyl (C=O) groups is 1. The molecule has 1 spiro atoms. The van der Waals surface area contributed by atoms with Crippen LogP contribution in [0.15, 0.2) is 11.6 Å². The number of rotatable bonds is 14. The molecule has 26 nitrogen and oxygen atoms in total. The van der Waals surface area contributed by atoms with E-state index in [1.807, 2.05) is 26.8 Å². The summed E-state index contributed by atoms with van der Waals surface area (Å²) in [5.41, 5.74) is -3.05. The smallest absolute Gasteiger partial charge is 0.397 e. The Bertz CT molecular complexity index is 2430. The highest BCUT2D eigenvalue weighted by atomic mass is 32.3. The van der Waals surface area contributed by atoms with Crippen molar-refractivity contribution in [1.29, 1.82) is 0 Å². The van der Waals surface area contributed by atoms with Crippen LogP contribution in [0.5, 0.6) is 0 Å². The van der Waals surface area contributed by atoms with E-state index in [9.17, 15) is 68.8 Å². The fraction of sp³-hybridized carbons (Fsp3) is 0.944. The van der Waals surface area contributed by atoms with Crippen LogP contribution in [0, 0.1) is 39.4 Å². The van der Waals surface area contributed by atoms with Crippen molar-refractivity contribution in [2.24, 2.45) is 39.4 Å². The van der Waals surface area contributed by atoms with Crippen LogP contribution in [-0.4, -0.2) is 243 Å². The number of cyclic esters (lactones) is 1. The second kappa shape index (κ2) is 22.1. The van der Waals surface area contributed by atoms with Gasteiger partial charge in [-0.25, -0.2) is 4.18 Å². The first-order chi connectivity index (χ1) is 37.8. The third-order valence-corrected chi connectivity index (χ3v) is 21.7. The summed E-state index contributed by atoms with van der Waals surface area (Å²) in [6.45, 7) is 13.8. The van der Waals surface area contributed by atoms with Gasteiger partial charge in [-0.1, -0.05) is 39.3 Å². The Morgan fingerprint density at radius 2 is 1.25 bits per heavy atom. The van der Waals surface area contributed by atoms with Gasteiger partial charge in [-0.2, -0.15) is 8.42 Å². The fourth-order valence-corrected chi connectivity index (χ4v) is 17.5. The first kappa shape index (κ1) is 62.3. The van der Waals surface area contributed by atoms with E-state index in [0.29, 0.717) is 25.7 Å². The molecule has 0 radical (unpaired) electrons. The van der Waals surface area contributed by atoms with E-state index in [0.717, 1.165) is 31.3 Å². The molecular formula is C54H86O26S. The van der Waals surface area contributed by atoms with Crippen LogP contribution >= 0.6 is 0 Å². The SMILES string of the molecule is CO[C@@H]1[C@@H](O)[C@H](O[C@@H]2[C@@H](O)[C@H](O[C@H]3[C@H](O)[C@@H](O)[C@H](O[C@H]4[C@H](O[C@H]5CC[C@]6(C)C7=C[C@H](O)[C@@]89C(=O)O[C@@](C)([C@@H]%10CCC(C)(C)O%10)[C@H]8CC[C@@]9(C)[C@@H]7CC[C@H]6C5(C)C)OC[C@@H](OS(=O)(=O)O)[C@@H]4O)O[C@@H]3C)O[C@H](CO)[C@H]2O)O[C@H](CO)[C@H]1O. The summed E-state index contributed by atoms with van der Waals surface area (Å²) >= 11 is 0. The molecule has 27 heteroatoms. The predicted molar refractivity (Wildman–Crippen MR) is 272 cm³/mol. The predicted octanol–water partition coefficient (Wildman–Crippen LogP) is -1.38. The van der Waals surface area contributed by atoms with Gasteiger partial charge in [0, 0.05) is 13.0 Å². The standard InChI is InChI=1S/C54H86O26S/c1-22-40(75-46-39(64)42(34(59)26(20-56)73-46)76-45-38(63)41(69-9)33(58)25(19-55)72-45)36(61)37(62)44(71-22)77-43-35(60)27(80-81(66,67)68)21-70-47(43)74-31-14-16-51(6)24-18-30(57)54-29(53(8,79-48(54)65)32-13-15-49(2,3)78-32)12-17-52(54,7)23(24)10-11-28(51)50(31,4)5/h18,22-23,25-47,55-64H,10-17,19-21H2,1-9H3,(H,66,67,68)/t22-,23-,25-,26-,27-,28+,29-,30+,31+,32+,33-,34-,35+,36-,37-,38-,39-,40-,41+,42+,43-,44+,45+,46+,47+,51-,52+,53-,54-/m1/s1. The van der Waals surface area contributed by atoms with E-state index in [2.05, 4.69) is 27.7 Å². The van der Waals surface area contributed by atoms with Crippen LogP contribution in [0.1, 0.15) is 107 Å². The van der Waals surface area contributed by atoms with Gasteiger partial charge < -0.3 is 103 Å². The van der Waals surface area contributed by atoms with E-state index in [-0.39, 0.29) is 35.4 Å². The van der Waals surface area contributed by atoms with E-state index >= 15 is 0 Å². The molecular weight excluding hydrogens is 1100 g/mol. The minimum absolute atomic E-state index is 0.0364. The number of aliphatic hydroxyl groups excluding tert-OH is 10. The number of hydrogen-bond donors (Lipinski definition) is 11. The minimum Gasteiger partial charge on any atom is -0.456 e. The molecule has 11 N–H and O–H groups in total. The number of aliphatic hydroxyl groups is 10. The normalized spacial score (nSPS) is 53.2. The lowest BCUT2D eigenvalue weighted by Crippen LogP contribution is -2.67. The Labute approximate surface area is 471 Å². The van der Waals surface area contributed by atoms with Gasteiger partial charge in [-0.15, -0.1) is 0 Å². The summed E-state index contributed by atoms with van der Waals surface area (Å²) in [6.07, 6.45) is -26.6. The van der Waals surface area contributed by atoms with Gasteiger partial charge in [0.1, 0.15) is 96.5 Å². The van der Waals surface area contributed by atoms with Gasteiger partial charge in [-0.3, -0.25) is 9.35 Å². The van der Waals surface area contributed by atoms with Crippen molar-refractivity contribution in [3.8, 4) is 0 Å². The third kappa shape index (κ3) is 10.1. The zero-order chi connectivity index (χ0) is 59.1. The molecule has 0 aromatic heterocycles. The topological polar surface area (TPSA) is 385 Å². The second-order valence-corrected chi connectivity index (χ2v) is 27.4. The van der Waals surface area contributed by atoms with Gasteiger partial charge >= 0.3 is 16.4 Å². The molecule has 3 saturated carbocycles. The van der Waals surface area contributed by atoms with E-state index in [1.165, 1.54) is 14.0 Å². The maximum Gasteiger partial charge on any atom is 0.397 e. The third-order valence-electron chi connectivity index (χ3n) is 21.2. The molecule has 0 aromatic rings. The Morgan fingerprint density at radius 1 is 0.642 bits per heavy atom. The minimum atomic E-state index is -5.18. The summed E-state index contributed by atoms with van der Waals surface area (Å²) < 4.78 is 105. The van der Waals surface area contributed by atoms with Crippen molar-refractivity contribution in [3.05, 3.63) is 11.6 Å². The van der Waals surface area contributed by atoms with Crippen LogP contribution in [0.3, 0.4) is 0 Å². The number of ether oxygens (including phenoxy) is 11. The molecule has 9 fully saturated rings. The van der Waals surface area contributed by atoms with E-state index in [4.69, 9.17) is 56.3 Å². The number of fused-ring (bicyclic) bond motifs is 4. The molecule has 4 aliphatic carbocycles. The first-order valence-corrected chi connectivity index (χ1v) is 29.9. The van der Waals surface area contributed by atoms with Crippen LogP contribution in [0.25, 0.3) is 0 Å². The maximum atomic E-state index is 14.6. The summed E-state index contributed by atoms with van der Waals surface area (Å²) in [6, 6.07) is 0. The number of esters is 1. The summed E-state index contributed by atoms with van der Waals surface area (Å²) in [5, 5.41) is 112. The molecule has 0 aromatic carbocycles. The van der Waals surface area contributed by atoms with Crippen LogP contribution < -0.4 is 0 Å². The van der Waals surface area contributed by atoms with Crippen molar-refractivity contribution in [1.82, 2.24) is 0 Å². The molecule has 0 unspecified atom stereocenters. The Morgan fingerprint density at radius 3 is 1.85 bits per heavy atom. The molecule has 0 amide bonds.